The Labute approximate surface area is 131 Å². The van der Waals surface area contributed by atoms with E-state index in [1.165, 1.54) is 19.2 Å². The van der Waals surface area contributed by atoms with Gasteiger partial charge in [0, 0.05) is 17.8 Å². The van der Waals surface area contributed by atoms with Crippen LogP contribution in [0.2, 0.25) is 0 Å². The quantitative estimate of drug-likeness (QED) is 0.510. The van der Waals surface area contributed by atoms with Crippen molar-refractivity contribution in [2.45, 2.75) is 0 Å². The fourth-order valence-corrected chi connectivity index (χ4v) is 1.80. The second-order valence-electron chi connectivity index (χ2n) is 4.42. The molecule has 23 heavy (non-hydrogen) atoms. The monoisotopic (exact) mass is 315 g/mol. The first-order valence-electron chi connectivity index (χ1n) is 6.51. The van der Waals surface area contributed by atoms with Gasteiger partial charge in [-0.25, -0.2) is 0 Å². The maximum atomic E-state index is 11.9. The Morgan fingerprint density at radius 2 is 1.70 bits per heavy atom. The number of non-ortho nitro benzene ring substituents is 1. The van der Waals surface area contributed by atoms with E-state index in [0.717, 1.165) is 6.07 Å². The van der Waals surface area contributed by atoms with Crippen LogP contribution in [0.1, 0.15) is 0 Å². The molecule has 0 heterocycles. The van der Waals surface area contributed by atoms with Crippen molar-refractivity contribution in [3.05, 3.63) is 58.6 Å². The molecule has 0 radical (unpaired) electrons. The molecule has 0 saturated heterocycles. The minimum atomic E-state index is -0.965. The Morgan fingerprint density at radius 3 is 2.30 bits per heavy atom. The molecule has 0 aliphatic carbocycles. The van der Waals surface area contributed by atoms with E-state index in [-0.39, 0.29) is 17.1 Å². The van der Waals surface area contributed by atoms with Gasteiger partial charge in [0.1, 0.15) is 5.75 Å². The van der Waals surface area contributed by atoms with E-state index in [0.29, 0.717) is 5.69 Å². The molecule has 0 aliphatic heterocycles. The molecular weight excluding hydrogens is 302 g/mol. The van der Waals surface area contributed by atoms with E-state index in [1.807, 2.05) is 0 Å². The lowest BCUT2D eigenvalue weighted by molar-refractivity contribution is -0.384. The van der Waals surface area contributed by atoms with E-state index >= 15 is 0 Å². The van der Waals surface area contributed by atoms with Crippen molar-refractivity contribution in [3.63, 3.8) is 0 Å². The van der Waals surface area contributed by atoms with Crippen molar-refractivity contribution in [2.24, 2.45) is 0 Å². The van der Waals surface area contributed by atoms with Crippen molar-refractivity contribution >= 4 is 28.9 Å². The number of anilines is 2. The van der Waals surface area contributed by atoms with Crippen molar-refractivity contribution in [2.75, 3.05) is 17.7 Å². The van der Waals surface area contributed by atoms with Crippen LogP contribution in [0, 0.1) is 10.1 Å². The maximum Gasteiger partial charge on any atom is 0.314 e. The van der Waals surface area contributed by atoms with Crippen LogP contribution in [0.15, 0.2) is 48.5 Å². The van der Waals surface area contributed by atoms with Crippen molar-refractivity contribution in [1.82, 2.24) is 0 Å². The van der Waals surface area contributed by atoms with E-state index in [9.17, 15) is 19.7 Å². The van der Waals surface area contributed by atoms with Gasteiger partial charge in [0.2, 0.25) is 0 Å². The Kier molecular flexibility index (Phi) is 4.88. The summed E-state index contributed by atoms with van der Waals surface area (Å²) in [5, 5.41) is 15.5. The number of nitro groups is 1. The molecule has 0 atom stereocenters. The zero-order valence-corrected chi connectivity index (χ0v) is 12.1. The largest absolute Gasteiger partial charge is 0.495 e. The fourth-order valence-electron chi connectivity index (χ4n) is 1.80. The molecule has 0 unspecified atom stereocenters. The van der Waals surface area contributed by atoms with Crippen LogP contribution in [-0.4, -0.2) is 23.8 Å². The molecule has 2 amide bonds. The van der Waals surface area contributed by atoms with Crippen LogP contribution in [0.3, 0.4) is 0 Å². The third kappa shape index (κ3) is 4.03. The molecule has 2 rings (SSSR count). The summed E-state index contributed by atoms with van der Waals surface area (Å²) in [6.07, 6.45) is 0. The number of ether oxygens (including phenoxy) is 1. The van der Waals surface area contributed by atoms with Crippen LogP contribution in [-0.2, 0) is 9.59 Å². The van der Waals surface area contributed by atoms with Gasteiger partial charge in [0.25, 0.3) is 5.69 Å². The fraction of sp³-hybridized carbons (Fsp3) is 0.0667. The van der Waals surface area contributed by atoms with Gasteiger partial charge >= 0.3 is 11.8 Å². The smallest absolute Gasteiger partial charge is 0.314 e. The average molecular weight is 315 g/mol. The predicted molar refractivity (Wildman–Crippen MR) is 83.3 cm³/mol. The Balaban J connectivity index is 2.14. The maximum absolute atomic E-state index is 11.9. The topological polar surface area (TPSA) is 111 Å². The third-order valence-electron chi connectivity index (χ3n) is 2.88. The lowest BCUT2D eigenvalue weighted by Crippen LogP contribution is -2.29. The number of benzene rings is 2. The summed E-state index contributed by atoms with van der Waals surface area (Å²) in [6.45, 7) is 0. The standard InChI is InChI=1S/C15H13N3O5/c1-23-13-8-7-11(18(21)22)9-12(13)17-15(20)14(19)16-10-5-3-2-4-6-10/h2-9H,1H3,(H,16,19)(H,17,20). The number of rotatable bonds is 4. The van der Waals surface area contributed by atoms with E-state index in [4.69, 9.17) is 4.74 Å². The Morgan fingerprint density at radius 1 is 1.04 bits per heavy atom. The molecule has 0 bridgehead atoms. The van der Waals surface area contributed by atoms with Gasteiger partial charge in [0.05, 0.1) is 17.7 Å². The number of nitrogens with zero attached hydrogens (tertiary/aromatic N) is 1. The summed E-state index contributed by atoms with van der Waals surface area (Å²) in [4.78, 5) is 33.9. The van der Waals surface area contributed by atoms with E-state index < -0.39 is 16.7 Å². The Bertz CT molecular complexity index is 746. The first-order valence-corrected chi connectivity index (χ1v) is 6.51. The molecule has 0 saturated carbocycles. The number of carbonyl (C=O) groups is 2. The number of para-hydroxylation sites is 1. The zero-order valence-electron chi connectivity index (χ0n) is 12.1. The van der Waals surface area contributed by atoms with Gasteiger partial charge in [-0.05, 0) is 18.2 Å². The van der Waals surface area contributed by atoms with Gasteiger partial charge < -0.3 is 15.4 Å². The second kappa shape index (κ2) is 7.03. The number of nitro benzene ring substituents is 1. The number of hydrogen-bond donors (Lipinski definition) is 2. The molecule has 2 N–H and O–H groups in total. The summed E-state index contributed by atoms with van der Waals surface area (Å²) in [7, 11) is 1.35. The van der Waals surface area contributed by atoms with Crippen molar-refractivity contribution in [1.29, 1.82) is 0 Å². The van der Waals surface area contributed by atoms with Crippen molar-refractivity contribution < 1.29 is 19.2 Å². The molecule has 0 aliphatic rings. The molecular formula is C15H13N3O5. The number of methoxy groups -OCH3 is 1. The molecule has 0 fully saturated rings. The Hall–Kier alpha value is -3.42. The van der Waals surface area contributed by atoms with Gasteiger partial charge in [-0.2, -0.15) is 0 Å². The summed E-state index contributed by atoms with van der Waals surface area (Å²) >= 11 is 0. The molecule has 118 valence electrons. The molecule has 0 aromatic heterocycles. The second-order valence-corrected chi connectivity index (χ2v) is 4.42. The summed E-state index contributed by atoms with van der Waals surface area (Å²) < 4.78 is 5.01. The van der Waals surface area contributed by atoms with Crippen LogP contribution in [0.5, 0.6) is 5.75 Å². The van der Waals surface area contributed by atoms with Gasteiger partial charge in [0.15, 0.2) is 0 Å². The van der Waals surface area contributed by atoms with Gasteiger partial charge in [-0.3, -0.25) is 19.7 Å². The van der Waals surface area contributed by atoms with Crippen molar-refractivity contribution in [3.8, 4) is 5.75 Å². The number of carbonyl (C=O) groups excluding carboxylic acids is 2. The first kappa shape index (κ1) is 16.0. The summed E-state index contributed by atoms with van der Waals surface area (Å²) in [6, 6.07) is 12.1. The minimum Gasteiger partial charge on any atom is -0.495 e. The highest BCUT2D eigenvalue weighted by Crippen LogP contribution is 2.28. The first-order chi connectivity index (χ1) is 11.0. The molecule has 2 aromatic rings. The molecule has 8 nitrogen and oxygen atoms in total. The number of hydrogen-bond acceptors (Lipinski definition) is 5. The third-order valence-corrected chi connectivity index (χ3v) is 2.88. The molecule has 0 spiro atoms. The van der Waals surface area contributed by atoms with Gasteiger partial charge in [-0.15, -0.1) is 0 Å². The highest BCUT2D eigenvalue weighted by atomic mass is 16.6. The van der Waals surface area contributed by atoms with Crippen LogP contribution in [0.25, 0.3) is 0 Å². The minimum absolute atomic E-state index is 0.0370. The average Bonchev–Trinajstić information content (AvgIpc) is 2.55. The van der Waals surface area contributed by atoms with Gasteiger partial charge in [-0.1, -0.05) is 18.2 Å². The summed E-state index contributed by atoms with van der Waals surface area (Å²) in [5.41, 5.74) is 0.262. The van der Waals surface area contributed by atoms with E-state index in [2.05, 4.69) is 10.6 Å². The molecule has 8 heteroatoms. The summed E-state index contributed by atoms with van der Waals surface area (Å²) in [5.74, 6) is -1.66. The number of nitrogens with one attached hydrogen (secondary N) is 2. The highest BCUT2D eigenvalue weighted by Gasteiger charge is 2.18. The van der Waals surface area contributed by atoms with Crippen LogP contribution < -0.4 is 15.4 Å². The van der Waals surface area contributed by atoms with Crippen LogP contribution in [0.4, 0.5) is 17.1 Å². The predicted octanol–water partition coefficient (Wildman–Crippen LogP) is 2.18. The zero-order chi connectivity index (χ0) is 16.8. The highest BCUT2D eigenvalue weighted by molar-refractivity contribution is 6.43. The SMILES string of the molecule is COc1ccc([N+](=O)[O-])cc1NC(=O)C(=O)Nc1ccccc1. The lowest BCUT2D eigenvalue weighted by atomic mass is 10.2. The lowest BCUT2D eigenvalue weighted by Gasteiger charge is -2.10. The normalized spacial score (nSPS) is 9.78. The van der Waals surface area contributed by atoms with E-state index in [1.54, 1.807) is 30.3 Å². The molecule has 2 aromatic carbocycles. The number of amides is 2. The van der Waals surface area contributed by atoms with Crippen LogP contribution >= 0.6 is 0 Å².